The highest BCUT2D eigenvalue weighted by molar-refractivity contribution is 7.99. The van der Waals surface area contributed by atoms with E-state index in [9.17, 15) is 9.59 Å². The highest BCUT2D eigenvalue weighted by Gasteiger charge is 2.31. The summed E-state index contributed by atoms with van der Waals surface area (Å²) in [4.78, 5) is 31.8. The van der Waals surface area contributed by atoms with E-state index >= 15 is 0 Å². The van der Waals surface area contributed by atoms with E-state index in [2.05, 4.69) is 41.6 Å². The highest BCUT2D eigenvalue weighted by atomic mass is 32.2. The van der Waals surface area contributed by atoms with Crippen LogP contribution in [-0.4, -0.2) is 18.0 Å². The van der Waals surface area contributed by atoms with Gasteiger partial charge < -0.3 is 4.84 Å². The van der Waals surface area contributed by atoms with Crippen molar-refractivity contribution in [3.8, 4) is 0 Å². The van der Waals surface area contributed by atoms with Crippen molar-refractivity contribution in [3.05, 3.63) is 96.1 Å². The second-order valence-electron chi connectivity index (χ2n) is 7.89. The van der Waals surface area contributed by atoms with E-state index in [1.165, 1.54) is 4.90 Å². The zero-order valence-corrected chi connectivity index (χ0v) is 18.5. The quantitative estimate of drug-likeness (QED) is 0.172. The molecule has 1 atom stereocenters. The molecule has 0 aliphatic heterocycles. The highest BCUT2D eigenvalue weighted by Crippen LogP contribution is 2.39. The van der Waals surface area contributed by atoms with Gasteiger partial charge in [0, 0.05) is 15.7 Å². The van der Waals surface area contributed by atoms with Gasteiger partial charge in [-0.2, -0.15) is 0 Å². The van der Waals surface area contributed by atoms with Crippen molar-refractivity contribution in [1.29, 1.82) is 0 Å². The molecule has 4 rings (SSSR count). The molecule has 0 unspecified atom stereocenters. The van der Waals surface area contributed by atoms with Crippen molar-refractivity contribution in [2.75, 3.05) is 0 Å². The van der Waals surface area contributed by atoms with Gasteiger partial charge in [0.25, 0.3) is 0 Å². The van der Waals surface area contributed by atoms with E-state index in [1.807, 2.05) is 24.3 Å². The molecule has 1 saturated carbocycles. The summed E-state index contributed by atoms with van der Waals surface area (Å²) < 4.78 is 0. The topological polar surface area (TPSA) is 55.7 Å². The summed E-state index contributed by atoms with van der Waals surface area (Å²) in [5, 5.41) is 4.02. The van der Waals surface area contributed by atoms with Crippen molar-refractivity contribution in [3.63, 3.8) is 0 Å². The second kappa shape index (κ2) is 10.9. The van der Waals surface area contributed by atoms with Crippen molar-refractivity contribution in [2.45, 2.75) is 41.4 Å². The summed E-state index contributed by atoms with van der Waals surface area (Å²) in [6.07, 6.45) is 5.07. The molecule has 162 valence electrons. The van der Waals surface area contributed by atoms with Gasteiger partial charge in [-0.25, -0.2) is 4.79 Å². The van der Waals surface area contributed by atoms with Crippen LogP contribution in [0.25, 0.3) is 0 Å². The van der Waals surface area contributed by atoms with Crippen LogP contribution in [0.3, 0.4) is 0 Å². The Morgan fingerprint density at radius 1 is 0.875 bits per heavy atom. The van der Waals surface area contributed by atoms with Gasteiger partial charge in [0.1, 0.15) is 5.71 Å². The Kier molecular flexibility index (Phi) is 7.51. The van der Waals surface area contributed by atoms with E-state index in [0.29, 0.717) is 11.5 Å². The Bertz CT molecular complexity index is 1060. The van der Waals surface area contributed by atoms with E-state index in [0.717, 1.165) is 42.4 Å². The van der Waals surface area contributed by atoms with Crippen LogP contribution in [0.4, 0.5) is 0 Å². The van der Waals surface area contributed by atoms with E-state index in [1.54, 1.807) is 36.0 Å². The molecule has 1 aliphatic rings. The minimum absolute atomic E-state index is 0.186. The summed E-state index contributed by atoms with van der Waals surface area (Å²) in [7, 11) is 0. The zero-order valence-electron chi connectivity index (χ0n) is 17.7. The molecule has 0 saturated heterocycles. The molecule has 0 radical (unpaired) electrons. The van der Waals surface area contributed by atoms with Crippen molar-refractivity contribution in [1.82, 2.24) is 0 Å². The number of carbonyl (C=O) groups is 2. The predicted octanol–water partition coefficient (Wildman–Crippen LogP) is 6.52. The number of aldehydes is 1. The normalized spacial score (nSPS) is 15.3. The van der Waals surface area contributed by atoms with E-state index in [-0.39, 0.29) is 11.6 Å². The number of hydrogen-bond acceptors (Lipinski definition) is 5. The third kappa shape index (κ3) is 5.54. The summed E-state index contributed by atoms with van der Waals surface area (Å²) in [5.41, 5.74) is 1.70. The lowest BCUT2D eigenvalue weighted by Crippen LogP contribution is -2.22. The first kappa shape index (κ1) is 22.0. The van der Waals surface area contributed by atoms with Gasteiger partial charge in [-0.05, 0) is 60.7 Å². The van der Waals surface area contributed by atoms with Crippen molar-refractivity contribution < 1.29 is 14.4 Å². The minimum Gasteiger partial charge on any atom is -0.312 e. The maximum Gasteiger partial charge on any atom is 0.365 e. The van der Waals surface area contributed by atoms with Gasteiger partial charge in [0.05, 0.1) is 5.56 Å². The third-order valence-corrected chi connectivity index (χ3v) is 6.79. The number of benzene rings is 3. The second-order valence-corrected chi connectivity index (χ2v) is 9.03. The average Bonchev–Trinajstić information content (AvgIpc) is 3.38. The van der Waals surface area contributed by atoms with Gasteiger partial charge in [-0.3, -0.25) is 4.79 Å². The minimum atomic E-state index is -0.565. The molecule has 3 aromatic rings. The van der Waals surface area contributed by atoms with Crippen LogP contribution in [0.1, 0.15) is 47.5 Å². The first-order valence-corrected chi connectivity index (χ1v) is 11.7. The van der Waals surface area contributed by atoms with Crippen LogP contribution in [0.5, 0.6) is 0 Å². The molecule has 1 fully saturated rings. The molecule has 0 bridgehead atoms. The predicted molar refractivity (Wildman–Crippen MR) is 127 cm³/mol. The number of nitrogens with zero attached hydrogens (tertiary/aromatic N) is 1. The average molecular weight is 444 g/mol. The zero-order chi connectivity index (χ0) is 22.2. The lowest BCUT2D eigenvalue weighted by molar-refractivity contribution is -0.103. The van der Waals surface area contributed by atoms with Crippen LogP contribution in [0.15, 0.2) is 99.9 Å². The Morgan fingerprint density at radius 2 is 1.47 bits per heavy atom. The molecular formula is C27H25NO3S. The molecule has 3 aromatic carbocycles. The lowest BCUT2D eigenvalue weighted by Gasteiger charge is -2.23. The standard InChI is InChI=1S/C27H25NO3S/c29-19-25(28-31-27(30)22-11-3-1-4-12-22)26(20-9-7-8-10-20)21-15-17-24(18-16-21)32-23-13-5-2-6-14-23/h1-6,11-20,26H,7-10H2/t26-/m0/s1. The molecule has 4 nitrogen and oxygen atoms in total. The van der Waals surface area contributed by atoms with Gasteiger partial charge in [0.15, 0.2) is 6.29 Å². The fraction of sp³-hybridized carbons (Fsp3) is 0.222. The van der Waals surface area contributed by atoms with Crippen molar-refractivity contribution in [2.24, 2.45) is 11.1 Å². The van der Waals surface area contributed by atoms with Crippen molar-refractivity contribution >= 4 is 29.7 Å². The molecule has 0 aromatic heterocycles. The Labute approximate surface area is 192 Å². The first-order valence-electron chi connectivity index (χ1n) is 10.9. The lowest BCUT2D eigenvalue weighted by atomic mass is 9.82. The Hall–Kier alpha value is -3.18. The number of carbonyl (C=O) groups excluding carboxylic acids is 2. The van der Waals surface area contributed by atoms with Gasteiger partial charge >= 0.3 is 5.97 Å². The molecule has 1 aliphatic carbocycles. The first-order chi connectivity index (χ1) is 15.7. The van der Waals surface area contributed by atoms with Gasteiger partial charge in [0.2, 0.25) is 0 Å². The number of hydrogen-bond donors (Lipinski definition) is 0. The monoisotopic (exact) mass is 443 g/mol. The summed E-state index contributed by atoms with van der Waals surface area (Å²) in [5.74, 6) is -0.443. The maximum absolute atomic E-state index is 12.3. The van der Waals surface area contributed by atoms with Crippen LogP contribution < -0.4 is 0 Å². The molecule has 0 spiro atoms. The molecule has 0 heterocycles. The Morgan fingerprint density at radius 3 is 2.09 bits per heavy atom. The summed E-state index contributed by atoms with van der Waals surface area (Å²) in [6, 6.07) is 27.2. The molecule has 0 amide bonds. The van der Waals surface area contributed by atoms with Gasteiger partial charge in [-0.15, -0.1) is 0 Å². The van der Waals surface area contributed by atoms with Gasteiger partial charge in [-0.1, -0.05) is 78.3 Å². The molecule has 0 N–H and O–H groups in total. The smallest absolute Gasteiger partial charge is 0.312 e. The number of oxime groups is 1. The third-order valence-electron chi connectivity index (χ3n) is 5.77. The SMILES string of the molecule is O=CC(=NOC(=O)c1ccccc1)[C@H](c1ccc(Sc2ccccc2)cc1)C1CCCC1. The largest absolute Gasteiger partial charge is 0.365 e. The summed E-state index contributed by atoms with van der Waals surface area (Å²) in [6.45, 7) is 0. The fourth-order valence-corrected chi connectivity index (χ4v) is 5.05. The molecule has 5 heteroatoms. The van der Waals surface area contributed by atoms with Crippen LogP contribution >= 0.6 is 11.8 Å². The van der Waals surface area contributed by atoms with E-state index < -0.39 is 5.97 Å². The maximum atomic E-state index is 12.3. The molecular weight excluding hydrogens is 418 g/mol. The molecule has 32 heavy (non-hydrogen) atoms. The fourth-order valence-electron chi connectivity index (χ4n) is 4.22. The van der Waals surface area contributed by atoms with Crippen LogP contribution in [-0.2, 0) is 9.63 Å². The number of rotatable bonds is 8. The van der Waals surface area contributed by atoms with Crippen LogP contribution in [0, 0.1) is 5.92 Å². The van der Waals surface area contributed by atoms with Crippen LogP contribution in [0.2, 0.25) is 0 Å². The summed E-state index contributed by atoms with van der Waals surface area (Å²) >= 11 is 1.70. The Balaban J connectivity index is 1.55. The van der Waals surface area contributed by atoms with E-state index in [4.69, 9.17) is 4.84 Å².